The van der Waals surface area contributed by atoms with Gasteiger partial charge in [-0.3, -0.25) is 9.55 Å². The van der Waals surface area contributed by atoms with Gasteiger partial charge in [0.2, 0.25) is 0 Å². The number of nitrogens with one attached hydrogen (secondary N) is 1. The molecule has 3 aromatic rings. The quantitative estimate of drug-likeness (QED) is 0.597. The topological polar surface area (TPSA) is 78.3 Å². The van der Waals surface area contributed by atoms with Crippen LogP contribution in [0.4, 0.5) is 5.82 Å². The zero-order valence-electron chi connectivity index (χ0n) is 16.8. The Bertz CT molecular complexity index is 1010. The Morgan fingerprint density at radius 1 is 1.24 bits per heavy atom. The van der Waals surface area contributed by atoms with Crippen molar-refractivity contribution < 1.29 is 9.47 Å². The lowest BCUT2D eigenvalue weighted by Crippen LogP contribution is -2.32. The average molecular weight is 415 g/mol. The van der Waals surface area contributed by atoms with Crippen molar-refractivity contribution in [3.63, 3.8) is 0 Å². The van der Waals surface area contributed by atoms with Gasteiger partial charge >= 0.3 is 5.69 Å². The number of anilines is 1. The number of benzene rings is 1. The van der Waals surface area contributed by atoms with Crippen molar-refractivity contribution in [2.24, 2.45) is 7.05 Å². The third kappa shape index (κ3) is 4.49. The van der Waals surface area contributed by atoms with Crippen molar-refractivity contribution in [1.29, 1.82) is 0 Å². The van der Waals surface area contributed by atoms with E-state index in [4.69, 9.17) is 9.47 Å². The fourth-order valence-electron chi connectivity index (χ4n) is 3.84. The van der Waals surface area contributed by atoms with Crippen LogP contribution in [-0.4, -0.2) is 47.0 Å². The molecule has 1 aromatic carbocycles. The van der Waals surface area contributed by atoms with Gasteiger partial charge in [0.05, 0.1) is 35.2 Å². The molecule has 2 heterocycles. The Hall–Kier alpha value is -2.29. The molecule has 0 amide bonds. The van der Waals surface area contributed by atoms with E-state index in [9.17, 15) is 4.79 Å². The molecule has 0 radical (unpaired) electrons. The highest BCUT2D eigenvalue weighted by Gasteiger charge is 2.23. The number of rotatable bonds is 7. The van der Waals surface area contributed by atoms with Crippen molar-refractivity contribution in [2.45, 2.75) is 37.8 Å². The molecule has 0 unspecified atom stereocenters. The molecule has 1 aliphatic carbocycles. The lowest BCUT2D eigenvalue weighted by Gasteiger charge is -2.29. The number of thiazole rings is 1. The summed E-state index contributed by atoms with van der Waals surface area (Å²) in [7, 11) is 3.45. The van der Waals surface area contributed by atoms with Crippen LogP contribution in [0, 0.1) is 0 Å². The van der Waals surface area contributed by atoms with Crippen molar-refractivity contribution in [1.82, 2.24) is 14.5 Å². The number of aryl methyl sites for hydroxylation is 1. The molecule has 1 saturated carbocycles. The van der Waals surface area contributed by atoms with E-state index in [0.717, 1.165) is 47.0 Å². The zero-order chi connectivity index (χ0) is 20.2. The summed E-state index contributed by atoms with van der Waals surface area (Å²) < 4.78 is 12.5. The number of hydrogen-bond donors (Lipinski definition) is 1. The molecule has 4 rings (SSSR count). The molecule has 1 N–H and O–H groups in total. The maximum absolute atomic E-state index is 12.4. The molecule has 0 saturated heterocycles. The van der Waals surface area contributed by atoms with Gasteiger partial charge in [-0.15, -0.1) is 11.3 Å². The molecule has 154 valence electrons. The van der Waals surface area contributed by atoms with E-state index >= 15 is 0 Å². The first-order valence-electron chi connectivity index (χ1n) is 9.92. The third-order valence-electron chi connectivity index (χ3n) is 5.48. The van der Waals surface area contributed by atoms with Crippen molar-refractivity contribution >= 4 is 28.1 Å². The molecule has 1 fully saturated rings. The summed E-state index contributed by atoms with van der Waals surface area (Å²) in [5, 5.41) is 4.49. The number of hydrogen-bond acceptors (Lipinski definition) is 7. The number of aromatic nitrogens is 3. The molecule has 0 spiro atoms. The Morgan fingerprint density at radius 3 is 2.79 bits per heavy atom. The lowest BCUT2D eigenvalue weighted by molar-refractivity contribution is -0.00155. The standard InChI is InChI=1S/C21H26N4O3S/c1-25-18-8-3-14(19-12-22-13-29-19)11-17(18)20(24-21(25)26)23-15-4-6-16(7-5-15)28-10-9-27-2/h3,8,11-13,15-16H,4-7,9-10H2,1-2H3,(H,23,24,26). The van der Waals surface area contributed by atoms with Gasteiger partial charge in [-0.1, -0.05) is 6.07 Å². The molecule has 0 aliphatic heterocycles. The van der Waals surface area contributed by atoms with Crippen molar-refractivity contribution in [3.05, 3.63) is 40.4 Å². The van der Waals surface area contributed by atoms with Crippen molar-refractivity contribution in [2.75, 3.05) is 25.6 Å². The van der Waals surface area contributed by atoms with E-state index in [2.05, 4.69) is 21.4 Å². The maximum atomic E-state index is 12.4. The Morgan fingerprint density at radius 2 is 2.07 bits per heavy atom. The fourth-order valence-corrected chi connectivity index (χ4v) is 4.46. The Kier molecular flexibility index (Phi) is 6.22. The van der Waals surface area contributed by atoms with E-state index in [0.29, 0.717) is 19.0 Å². The summed E-state index contributed by atoms with van der Waals surface area (Å²) >= 11 is 1.60. The molecule has 7 nitrogen and oxygen atoms in total. The second-order valence-electron chi connectivity index (χ2n) is 7.38. The number of fused-ring (bicyclic) bond motifs is 1. The number of methoxy groups -OCH3 is 1. The largest absolute Gasteiger partial charge is 0.382 e. The third-order valence-corrected chi connectivity index (χ3v) is 6.30. The van der Waals surface area contributed by atoms with Gasteiger partial charge in [0.15, 0.2) is 0 Å². The average Bonchev–Trinajstić information content (AvgIpc) is 3.28. The summed E-state index contributed by atoms with van der Waals surface area (Å²) in [6, 6.07) is 6.39. The minimum absolute atomic E-state index is 0.248. The summed E-state index contributed by atoms with van der Waals surface area (Å²) in [4.78, 5) is 22.0. The van der Waals surface area contributed by atoms with E-state index in [1.165, 1.54) is 0 Å². The maximum Gasteiger partial charge on any atom is 0.349 e. The number of ether oxygens (including phenoxy) is 2. The minimum atomic E-state index is -0.248. The molecule has 2 aromatic heterocycles. The van der Waals surface area contributed by atoms with Gasteiger partial charge < -0.3 is 14.8 Å². The molecule has 29 heavy (non-hydrogen) atoms. The van der Waals surface area contributed by atoms with Gasteiger partial charge in [0, 0.05) is 31.8 Å². The molecular weight excluding hydrogens is 388 g/mol. The summed E-state index contributed by atoms with van der Waals surface area (Å²) in [5.41, 5.74) is 3.53. The van der Waals surface area contributed by atoms with Crippen LogP contribution < -0.4 is 11.0 Å². The van der Waals surface area contributed by atoms with Crippen LogP contribution in [0.3, 0.4) is 0 Å². The van der Waals surface area contributed by atoms with E-state index < -0.39 is 0 Å². The van der Waals surface area contributed by atoms with Crippen LogP contribution in [0.5, 0.6) is 0 Å². The van der Waals surface area contributed by atoms with Crippen LogP contribution in [-0.2, 0) is 16.5 Å². The predicted octanol–water partition coefficient (Wildman–Crippen LogP) is 3.44. The van der Waals surface area contributed by atoms with Crippen LogP contribution in [0.15, 0.2) is 34.7 Å². The Labute approximate surface area is 173 Å². The summed E-state index contributed by atoms with van der Waals surface area (Å²) in [5.74, 6) is 0.665. The highest BCUT2D eigenvalue weighted by atomic mass is 32.1. The highest BCUT2D eigenvalue weighted by Crippen LogP contribution is 2.31. The monoisotopic (exact) mass is 414 g/mol. The first-order chi connectivity index (χ1) is 14.2. The van der Waals surface area contributed by atoms with Gasteiger partial charge in [-0.05, 0) is 43.4 Å². The summed E-state index contributed by atoms with van der Waals surface area (Å²) in [6.45, 7) is 1.27. The zero-order valence-corrected chi connectivity index (χ0v) is 17.6. The number of nitrogens with zero attached hydrogens (tertiary/aromatic N) is 3. The van der Waals surface area contributed by atoms with Gasteiger partial charge in [0.25, 0.3) is 0 Å². The van der Waals surface area contributed by atoms with Crippen LogP contribution in [0.2, 0.25) is 0 Å². The van der Waals surface area contributed by atoms with Crippen molar-refractivity contribution in [3.8, 4) is 10.4 Å². The van der Waals surface area contributed by atoms with E-state index in [1.807, 2.05) is 23.8 Å². The van der Waals surface area contributed by atoms with Crippen LogP contribution in [0.25, 0.3) is 21.3 Å². The summed E-state index contributed by atoms with van der Waals surface area (Å²) in [6.07, 6.45) is 6.12. The van der Waals surface area contributed by atoms with Gasteiger partial charge in [-0.2, -0.15) is 4.98 Å². The molecule has 8 heteroatoms. The second kappa shape index (κ2) is 9.02. The van der Waals surface area contributed by atoms with Crippen LogP contribution >= 0.6 is 11.3 Å². The fraction of sp³-hybridized carbons (Fsp3) is 0.476. The Balaban J connectivity index is 1.55. The molecule has 0 bridgehead atoms. The minimum Gasteiger partial charge on any atom is -0.382 e. The second-order valence-corrected chi connectivity index (χ2v) is 8.27. The normalized spacial score (nSPS) is 19.5. The van der Waals surface area contributed by atoms with E-state index in [-0.39, 0.29) is 17.8 Å². The highest BCUT2D eigenvalue weighted by molar-refractivity contribution is 7.13. The van der Waals surface area contributed by atoms with Gasteiger partial charge in [0.1, 0.15) is 5.82 Å². The molecule has 0 atom stereocenters. The van der Waals surface area contributed by atoms with Gasteiger partial charge in [-0.25, -0.2) is 4.79 Å². The predicted molar refractivity (Wildman–Crippen MR) is 116 cm³/mol. The molecule has 1 aliphatic rings. The first kappa shape index (κ1) is 20.0. The first-order valence-corrected chi connectivity index (χ1v) is 10.8. The van der Waals surface area contributed by atoms with E-state index in [1.54, 1.807) is 30.1 Å². The molecular formula is C21H26N4O3S. The van der Waals surface area contributed by atoms with Crippen LogP contribution in [0.1, 0.15) is 25.7 Å². The SMILES string of the molecule is COCCOC1CCC(Nc2nc(=O)n(C)c3ccc(-c4cncs4)cc23)CC1. The lowest BCUT2D eigenvalue weighted by atomic mass is 9.93. The smallest absolute Gasteiger partial charge is 0.349 e.